The highest BCUT2D eigenvalue weighted by atomic mass is 16.5. The molecule has 28 heteroatoms. The van der Waals surface area contributed by atoms with Crippen LogP contribution in [0.5, 0.6) is 0 Å². The normalized spacial score (nSPS) is 21.2. The highest BCUT2D eigenvalue weighted by Crippen LogP contribution is 2.17. The fraction of sp³-hybridized carbons (Fsp3) is 0.679. The number of hydrogen-bond donors (Lipinski definition) is 15. The number of benzene rings is 1. The molecule has 1 heterocycles. The Morgan fingerprint density at radius 1 is 0.619 bits per heavy atom. The average molecular weight is 1190 g/mol. The molecule has 0 saturated carbocycles. The van der Waals surface area contributed by atoms with Crippen molar-refractivity contribution in [2.45, 2.75) is 193 Å². The zero-order valence-electron chi connectivity index (χ0n) is 50.3. The zero-order chi connectivity index (χ0) is 63.5. The molecule has 472 valence electrons. The quantitative estimate of drug-likeness (QED) is 0.0310. The van der Waals surface area contributed by atoms with Gasteiger partial charge in [-0.3, -0.25) is 52.7 Å². The Hall–Kier alpha value is -7.30. The lowest BCUT2D eigenvalue weighted by atomic mass is 9.96. The van der Waals surface area contributed by atoms with Crippen LogP contribution in [-0.4, -0.2) is 181 Å². The van der Waals surface area contributed by atoms with Gasteiger partial charge in [-0.1, -0.05) is 105 Å². The monoisotopic (exact) mass is 1190 g/mol. The predicted molar refractivity (Wildman–Crippen MR) is 308 cm³/mol. The number of cyclic esters (lactones) is 1. The van der Waals surface area contributed by atoms with Gasteiger partial charge in [-0.05, 0) is 82.4 Å². The molecule has 0 radical (unpaired) electrons. The van der Waals surface area contributed by atoms with E-state index in [2.05, 4.69) is 58.5 Å². The molecular weight excluding hydrogens is 1090 g/mol. The van der Waals surface area contributed by atoms with E-state index in [-0.39, 0.29) is 19.4 Å². The molecule has 2 rings (SSSR count). The fourth-order valence-corrected chi connectivity index (χ4v) is 8.76. The standard InChI is InChI=1S/C56H93N13O15/c1-12-29(6)42(66-49(76)37(59-11)25-34-19-16-15-17-20-34)53(80)63-38(26-70)50(77)62-36(22-23-40(58)72)48(75)65-41(28(4)5)52(79)67-43(30(7)13-2)54(81)64-39(27-71)51(78)69-45-33(10)84-56(83)44(31(8)14-3)68-47(74)35(21-18-24-57)61-46(73)32(9)60-55(45)82/h15-17,19-20,28-33,35-39,41-45,59,70-71H,12-14,18,21-27,57H2,1-11H3,(H2,58,72)(H,60,82)(H,61,73)(H,62,77)(H,63,80)(H,64,81)(H,65,75)(H,66,76)(H,67,79)(H,68,74)(H,69,78)/t29-,30-,31-,32-,33-,35-,36+,37+,38-,39-,41+,42-,43-,44-,45+/m0/s1. The summed E-state index contributed by atoms with van der Waals surface area (Å²) < 4.78 is 5.68. The van der Waals surface area contributed by atoms with Gasteiger partial charge in [0.15, 0.2) is 0 Å². The van der Waals surface area contributed by atoms with E-state index in [1.807, 2.05) is 30.3 Å². The number of likely N-dealkylation sites (N-methyl/N-ethyl adjacent to an activating group) is 1. The topological polar surface area (TPSA) is 439 Å². The molecule has 1 aliphatic heterocycles. The molecular formula is C56H93N13O15. The van der Waals surface area contributed by atoms with Crippen molar-refractivity contribution in [2.24, 2.45) is 35.1 Å². The molecule has 0 spiro atoms. The van der Waals surface area contributed by atoms with E-state index in [0.29, 0.717) is 25.7 Å². The van der Waals surface area contributed by atoms with Crippen molar-refractivity contribution in [3.8, 4) is 0 Å². The lowest BCUT2D eigenvalue weighted by Crippen LogP contribution is -2.63. The van der Waals surface area contributed by atoms with E-state index in [1.54, 1.807) is 62.4 Å². The number of carbonyl (C=O) groups excluding carboxylic acids is 12. The molecule has 1 fully saturated rings. The summed E-state index contributed by atoms with van der Waals surface area (Å²) in [6.45, 7) is 14.1. The first-order chi connectivity index (χ1) is 39.6. The van der Waals surface area contributed by atoms with Gasteiger partial charge < -0.3 is 84.9 Å². The number of hydrogen-bond acceptors (Lipinski definition) is 17. The SMILES string of the molecule is CC[C@H](C)[C@H](NC(=O)[C@@H](Cc1ccccc1)NC)C(=O)N[C@@H](CO)C(=O)N[C@H](CCC(N)=O)C(=O)N[C@@H](C(=O)N[C@H](C(=O)N[C@@H](CO)C(=O)N[C@H]1C(=O)N[C@@H](C)C(=O)N[C@@H](CCCN)C(=O)N[C@@H]([C@@H](C)CC)C(=O)O[C@H]1C)[C@@H](C)CC)C(C)C. The fourth-order valence-electron chi connectivity index (χ4n) is 8.76. The Balaban J connectivity index is 2.37. The van der Waals surface area contributed by atoms with Crippen LogP contribution in [0.25, 0.3) is 0 Å². The van der Waals surface area contributed by atoms with Crippen molar-refractivity contribution in [1.29, 1.82) is 0 Å². The Morgan fingerprint density at radius 2 is 1.12 bits per heavy atom. The number of amides is 11. The number of aliphatic hydroxyl groups excluding tert-OH is 2. The lowest BCUT2D eigenvalue weighted by Gasteiger charge is -2.31. The highest BCUT2D eigenvalue weighted by molar-refractivity contribution is 5.99. The van der Waals surface area contributed by atoms with E-state index in [1.165, 1.54) is 13.8 Å². The number of primary amides is 1. The predicted octanol–water partition coefficient (Wildman–Crippen LogP) is -3.59. The number of nitrogens with one attached hydrogen (secondary N) is 11. The number of rotatable bonds is 32. The third kappa shape index (κ3) is 22.7. The van der Waals surface area contributed by atoms with E-state index >= 15 is 0 Å². The molecule has 84 heavy (non-hydrogen) atoms. The van der Waals surface area contributed by atoms with Gasteiger partial charge in [-0.15, -0.1) is 0 Å². The summed E-state index contributed by atoms with van der Waals surface area (Å²) in [6, 6.07) is -6.15. The molecule has 1 saturated heterocycles. The van der Waals surface area contributed by atoms with Crippen molar-refractivity contribution >= 4 is 70.9 Å². The minimum absolute atomic E-state index is 0.107. The minimum Gasteiger partial charge on any atom is -0.458 e. The molecule has 11 amide bonds. The maximum absolute atomic E-state index is 14.2. The first-order valence-corrected chi connectivity index (χ1v) is 28.8. The van der Waals surface area contributed by atoms with Crippen LogP contribution < -0.4 is 70.0 Å². The van der Waals surface area contributed by atoms with Crippen molar-refractivity contribution in [1.82, 2.24) is 58.5 Å². The molecule has 0 unspecified atom stereocenters. The van der Waals surface area contributed by atoms with Crippen molar-refractivity contribution in [3.05, 3.63) is 35.9 Å². The minimum atomic E-state index is -1.81. The van der Waals surface area contributed by atoms with Gasteiger partial charge in [0.25, 0.3) is 0 Å². The van der Waals surface area contributed by atoms with Gasteiger partial charge in [0.05, 0.1) is 19.3 Å². The Bertz CT molecular complexity index is 2400. The number of nitrogens with two attached hydrogens (primary N) is 2. The van der Waals surface area contributed by atoms with Crippen LogP contribution in [-0.2, 0) is 68.7 Å². The van der Waals surface area contributed by atoms with E-state index in [4.69, 9.17) is 16.2 Å². The second-order valence-corrected chi connectivity index (χ2v) is 21.8. The summed E-state index contributed by atoms with van der Waals surface area (Å²) in [5.41, 5.74) is 11.9. The molecule has 1 aromatic rings. The third-order valence-corrected chi connectivity index (χ3v) is 14.9. The molecule has 0 aromatic heterocycles. The largest absolute Gasteiger partial charge is 0.458 e. The summed E-state index contributed by atoms with van der Waals surface area (Å²) in [4.78, 5) is 164. The van der Waals surface area contributed by atoms with Crippen LogP contribution in [0.3, 0.4) is 0 Å². The molecule has 0 bridgehead atoms. The third-order valence-electron chi connectivity index (χ3n) is 14.9. The molecule has 1 aromatic carbocycles. The average Bonchev–Trinajstić information content (AvgIpc) is 3.55. The number of aliphatic hydroxyl groups is 2. The summed E-state index contributed by atoms with van der Waals surface area (Å²) in [7, 11) is 1.60. The molecule has 28 nitrogen and oxygen atoms in total. The maximum Gasteiger partial charge on any atom is 0.329 e. The van der Waals surface area contributed by atoms with Gasteiger partial charge in [0, 0.05) is 6.42 Å². The van der Waals surface area contributed by atoms with Gasteiger partial charge >= 0.3 is 5.97 Å². The Morgan fingerprint density at radius 3 is 1.62 bits per heavy atom. The molecule has 0 aliphatic carbocycles. The van der Waals surface area contributed by atoms with Gasteiger partial charge in [-0.25, -0.2) is 4.79 Å². The van der Waals surface area contributed by atoms with Crippen LogP contribution >= 0.6 is 0 Å². The summed E-state index contributed by atoms with van der Waals surface area (Å²) in [5, 5.41) is 49.0. The van der Waals surface area contributed by atoms with Crippen molar-refractivity contribution in [3.63, 3.8) is 0 Å². The van der Waals surface area contributed by atoms with Crippen LogP contribution in [0, 0.1) is 23.7 Å². The van der Waals surface area contributed by atoms with Crippen LogP contribution in [0.15, 0.2) is 30.3 Å². The second-order valence-electron chi connectivity index (χ2n) is 21.8. The van der Waals surface area contributed by atoms with Gasteiger partial charge in [0.2, 0.25) is 65.0 Å². The van der Waals surface area contributed by atoms with E-state index < -0.39 is 193 Å². The number of carbonyl (C=O) groups is 12. The van der Waals surface area contributed by atoms with Crippen LogP contribution in [0.1, 0.15) is 120 Å². The van der Waals surface area contributed by atoms with E-state index in [9.17, 15) is 67.7 Å². The smallest absolute Gasteiger partial charge is 0.329 e. The molecule has 17 N–H and O–H groups in total. The summed E-state index contributed by atoms with van der Waals surface area (Å²) >= 11 is 0. The van der Waals surface area contributed by atoms with Crippen molar-refractivity contribution in [2.75, 3.05) is 26.8 Å². The zero-order valence-corrected chi connectivity index (χ0v) is 50.3. The number of ether oxygens (including phenoxy) is 1. The van der Waals surface area contributed by atoms with Crippen LogP contribution in [0.4, 0.5) is 0 Å². The van der Waals surface area contributed by atoms with Crippen molar-refractivity contribution < 1.29 is 72.5 Å². The Kier molecular flexibility index (Phi) is 31.6. The van der Waals surface area contributed by atoms with Crippen LogP contribution in [0.2, 0.25) is 0 Å². The first kappa shape index (κ1) is 72.8. The Labute approximate surface area is 491 Å². The maximum atomic E-state index is 14.2. The summed E-state index contributed by atoms with van der Waals surface area (Å²) in [5.74, 6) is -13.1. The number of esters is 1. The van der Waals surface area contributed by atoms with E-state index in [0.717, 1.165) is 5.56 Å². The lowest BCUT2D eigenvalue weighted by molar-refractivity contribution is -0.157. The molecule has 1 aliphatic rings. The molecule has 15 atom stereocenters. The highest BCUT2D eigenvalue weighted by Gasteiger charge is 2.41. The second kappa shape index (κ2) is 36.4. The van der Waals surface area contributed by atoms with Gasteiger partial charge in [-0.2, -0.15) is 0 Å². The summed E-state index contributed by atoms with van der Waals surface area (Å²) in [6.07, 6.45) is -0.516. The first-order valence-electron chi connectivity index (χ1n) is 28.8. The van der Waals surface area contributed by atoms with Gasteiger partial charge in [0.1, 0.15) is 66.5 Å².